The summed E-state index contributed by atoms with van der Waals surface area (Å²) in [6, 6.07) is 5.33. The number of anilines is 1. The fraction of sp³-hybridized carbons (Fsp3) is 0.600. The molecule has 0 bridgehead atoms. The summed E-state index contributed by atoms with van der Waals surface area (Å²) in [6.07, 6.45) is 1.89. The zero-order valence-corrected chi connectivity index (χ0v) is 13.6. The molecule has 0 spiro atoms. The van der Waals surface area contributed by atoms with Crippen molar-refractivity contribution in [2.45, 2.75) is 32.8 Å². The van der Waals surface area contributed by atoms with Crippen molar-refractivity contribution in [2.75, 3.05) is 24.2 Å². The third-order valence-corrected chi connectivity index (χ3v) is 4.91. The summed E-state index contributed by atoms with van der Waals surface area (Å²) in [5.41, 5.74) is 1.43. The monoisotopic (exact) mass is 313 g/mol. The van der Waals surface area contributed by atoms with Crippen molar-refractivity contribution in [3.8, 4) is 5.75 Å². The van der Waals surface area contributed by atoms with E-state index in [1.54, 1.807) is 19.2 Å². The van der Waals surface area contributed by atoms with Gasteiger partial charge in [-0.3, -0.25) is 4.72 Å². The standard InChI is InChI=1S/C15H23NO4S/c1-4-20-13-7-8-14(11(2)9-13)16-21(17,18)10-15(19-3)12-5-6-12/h7-9,12,15-16H,4-6,10H2,1-3H3. The second kappa shape index (κ2) is 6.66. The molecule has 118 valence electrons. The maximum absolute atomic E-state index is 12.2. The summed E-state index contributed by atoms with van der Waals surface area (Å²) in [6.45, 7) is 4.35. The minimum Gasteiger partial charge on any atom is -0.494 e. The zero-order valence-electron chi connectivity index (χ0n) is 12.8. The normalized spacial score (nSPS) is 16.5. The Balaban J connectivity index is 2.05. The number of ether oxygens (including phenoxy) is 2. The summed E-state index contributed by atoms with van der Waals surface area (Å²) < 4.78 is 37.8. The number of hydrogen-bond donors (Lipinski definition) is 1. The summed E-state index contributed by atoms with van der Waals surface area (Å²) in [5, 5.41) is 0. The van der Waals surface area contributed by atoms with E-state index in [1.807, 2.05) is 19.9 Å². The SMILES string of the molecule is CCOc1ccc(NS(=O)(=O)CC(OC)C2CC2)c(C)c1. The van der Waals surface area contributed by atoms with Gasteiger partial charge in [-0.25, -0.2) is 8.42 Å². The van der Waals surface area contributed by atoms with Crippen molar-refractivity contribution >= 4 is 15.7 Å². The highest BCUT2D eigenvalue weighted by molar-refractivity contribution is 7.92. The molecule has 1 unspecified atom stereocenters. The average molecular weight is 313 g/mol. The molecule has 2 rings (SSSR count). The number of aryl methyl sites for hydroxylation is 1. The largest absolute Gasteiger partial charge is 0.494 e. The number of nitrogens with one attached hydrogen (secondary N) is 1. The van der Waals surface area contributed by atoms with E-state index in [4.69, 9.17) is 9.47 Å². The quantitative estimate of drug-likeness (QED) is 0.801. The van der Waals surface area contributed by atoms with Crippen LogP contribution in [0.4, 0.5) is 5.69 Å². The highest BCUT2D eigenvalue weighted by atomic mass is 32.2. The van der Waals surface area contributed by atoms with Gasteiger partial charge in [0.15, 0.2) is 0 Å². The van der Waals surface area contributed by atoms with Crippen LogP contribution in [0.1, 0.15) is 25.3 Å². The van der Waals surface area contributed by atoms with E-state index in [1.165, 1.54) is 0 Å². The Kier molecular flexibility index (Phi) is 5.11. The van der Waals surface area contributed by atoms with Gasteiger partial charge in [0.25, 0.3) is 0 Å². The summed E-state index contributed by atoms with van der Waals surface area (Å²) in [5.74, 6) is 1.12. The van der Waals surface area contributed by atoms with Crippen LogP contribution in [0.15, 0.2) is 18.2 Å². The Morgan fingerprint density at radius 1 is 1.38 bits per heavy atom. The molecule has 1 N–H and O–H groups in total. The average Bonchev–Trinajstić information content (AvgIpc) is 3.24. The van der Waals surface area contributed by atoms with Crippen molar-refractivity contribution in [1.29, 1.82) is 0 Å². The molecule has 1 aromatic carbocycles. The van der Waals surface area contributed by atoms with E-state index in [-0.39, 0.29) is 11.9 Å². The van der Waals surface area contributed by atoms with E-state index >= 15 is 0 Å². The minimum absolute atomic E-state index is 0.000812. The molecular weight excluding hydrogens is 290 g/mol. The highest BCUT2D eigenvalue weighted by Crippen LogP contribution is 2.35. The van der Waals surface area contributed by atoms with Gasteiger partial charge in [0.1, 0.15) is 5.75 Å². The van der Waals surface area contributed by atoms with Crippen molar-refractivity contribution in [3.05, 3.63) is 23.8 Å². The fourth-order valence-electron chi connectivity index (χ4n) is 2.30. The van der Waals surface area contributed by atoms with Crippen molar-refractivity contribution in [2.24, 2.45) is 5.92 Å². The minimum atomic E-state index is -3.41. The van der Waals surface area contributed by atoms with Gasteiger partial charge < -0.3 is 9.47 Å². The lowest BCUT2D eigenvalue weighted by molar-refractivity contribution is 0.103. The van der Waals surface area contributed by atoms with Crippen LogP contribution in [0.3, 0.4) is 0 Å². The van der Waals surface area contributed by atoms with Crippen LogP contribution in [0.5, 0.6) is 5.75 Å². The van der Waals surface area contributed by atoms with Gasteiger partial charge in [-0.2, -0.15) is 0 Å². The first-order valence-electron chi connectivity index (χ1n) is 7.22. The molecular formula is C15H23NO4S. The van der Waals surface area contributed by atoms with E-state index in [2.05, 4.69) is 4.72 Å². The molecule has 0 aliphatic heterocycles. The second-order valence-electron chi connectivity index (χ2n) is 5.40. The van der Waals surface area contributed by atoms with Gasteiger partial charge in [0, 0.05) is 7.11 Å². The first-order chi connectivity index (χ1) is 9.95. The Labute approximate surface area is 126 Å². The molecule has 0 radical (unpaired) electrons. The molecule has 0 heterocycles. The molecule has 1 saturated carbocycles. The summed E-state index contributed by atoms with van der Waals surface area (Å²) in [7, 11) is -1.84. The number of methoxy groups -OCH3 is 1. The van der Waals surface area contributed by atoms with Crippen LogP contribution in [0, 0.1) is 12.8 Å². The van der Waals surface area contributed by atoms with Gasteiger partial charge in [0.05, 0.1) is 24.2 Å². The molecule has 0 amide bonds. The zero-order chi connectivity index (χ0) is 15.5. The maximum Gasteiger partial charge on any atom is 0.235 e. The van der Waals surface area contributed by atoms with Gasteiger partial charge >= 0.3 is 0 Å². The van der Waals surface area contributed by atoms with Crippen LogP contribution in [0.2, 0.25) is 0 Å². The second-order valence-corrected chi connectivity index (χ2v) is 7.17. The smallest absolute Gasteiger partial charge is 0.235 e. The summed E-state index contributed by atoms with van der Waals surface area (Å²) >= 11 is 0. The number of hydrogen-bond acceptors (Lipinski definition) is 4. The van der Waals surface area contributed by atoms with E-state index in [0.717, 1.165) is 24.2 Å². The van der Waals surface area contributed by atoms with E-state index in [0.29, 0.717) is 18.2 Å². The Hall–Kier alpha value is -1.27. The fourth-order valence-corrected chi connectivity index (χ4v) is 3.79. The van der Waals surface area contributed by atoms with E-state index < -0.39 is 10.0 Å². The lowest BCUT2D eigenvalue weighted by atomic mass is 10.2. The first kappa shape index (κ1) is 16.1. The summed E-state index contributed by atoms with van der Waals surface area (Å²) in [4.78, 5) is 0. The first-order valence-corrected chi connectivity index (χ1v) is 8.87. The molecule has 1 fully saturated rings. The van der Waals surface area contributed by atoms with Crippen LogP contribution in [-0.2, 0) is 14.8 Å². The lowest BCUT2D eigenvalue weighted by Crippen LogP contribution is -2.29. The highest BCUT2D eigenvalue weighted by Gasteiger charge is 2.34. The van der Waals surface area contributed by atoms with Gasteiger partial charge in [-0.15, -0.1) is 0 Å². The molecule has 1 aliphatic rings. The number of rotatable bonds is 8. The maximum atomic E-state index is 12.2. The number of sulfonamides is 1. The van der Waals surface area contributed by atoms with Gasteiger partial charge in [-0.1, -0.05) is 0 Å². The molecule has 1 atom stereocenters. The van der Waals surface area contributed by atoms with Crippen LogP contribution >= 0.6 is 0 Å². The Morgan fingerprint density at radius 3 is 2.62 bits per heavy atom. The van der Waals surface area contributed by atoms with Gasteiger partial charge in [-0.05, 0) is 56.4 Å². The molecule has 1 aliphatic carbocycles. The Morgan fingerprint density at radius 2 is 2.10 bits per heavy atom. The molecule has 6 heteroatoms. The predicted molar refractivity (Wildman–Crippen MR) is 83.3 cm³/mol. The van der Waals surface area contributed by atoms with Crippen LogP contribution in [-0.4, -0.2) is 34.0 Å². The third kappa shape index (κ3) is 4.61. The number of benzene rings is 1. The van der Waals surface area contributed by atoms with Crippen molar-refractivity contribution in [3.63, 3.8) is 0 Å². The van der Waals surface area contributed by atoms with Crippen LogP contribution < -0.4 is 9.46 Å². The molecule has 5 nitrogen and oxygen atoms in total. The van der Waals surface area contributed by atoms with Crippen LogP contribution in [0.25, 0.3) is 0 Å². The molecule has 0 aromatic heterocycles. The predicted octanol–water partition coefficient (Wildman–Crippen LogP) is 2.56. The van der Waals surface area contributed by atoms with Crippen molar-refractivity contribution in [1.82, 2.24) is 0 Å². The molecule has 1 aromatic rings. The Bertz CT molecular complexity index is 581. The third-order valence-electron chi connectivity index (χ3n) is 3.61. The van der Waals surface area contributed by atoms with E-state index in [9.17, 15) is 8.42 Å². The molecule has 21 heavy (non-hydrogen) atoms. The van der Waals surface area contributed by atoms with Gasteiger partial charge in [0.2, 0.25) is 10.0 Å². The lowest BCUT2D eigenvalue weighted by Gasteiger charge is -2.17. The molecule has 0 saturated heterocycles. The topological polar surface area (TPSA) is 64.6 Å². The van der Waals surface area contributed by atoms with Crippen molar-refractivity contribution < 1.29 is 17.9 Å².